The number of ketones is 1. The number of hydrogen-bond acceptors (Lipinski definition) is 6. The number of carbonyl (C=O) groups is 1. The Bertz CT molecular complexity index is 1370. The van der Waals surface area contributed by atoms with Gasteiger partial charge >= 0.3 is 6.18 Å². The quantitative estimate of drug-likeness (QED) is 0.213. The van der Waals surface area contributed by atoms with Crippen molar-refractivity contribution < 1.29 is 41.7 Å². The smallest absolute Gasteiger partial charge is 0.422 e. The van der Waals surface area contributed by atoms with Crippen LogP contribution in [0.3, 0.4) is 0 Å². The summed E-state index contributed by atoms with van der Waals surface area (Å²) in [5, 5.41) is 11.0. The topological polar surface area (TPSA) is 77.9 Å². The number of aromatic nitrogens is 1. The second-order valence-corrected chi connectivity index (χ2v) is 9.88. The summed E-state index contributed by atoms with van der Waals surface area (Å²) >= 11 is 0. The lowest BCUT2D eigenvalue weighted by Gasteiger charge is -2.30. The van der Waals surface area contributed by atoms with Crippen molar-refractivity contribution in [3.8, 4) is 28.5 Å². The van der Waals surface area contributed by atoms with Crippen LogP contribution >= 0.6 is 0 Å². The number of pyridine rings is 1. The van der Waals surface area contributed by atoms with E-state index in [1.807, 2.05) is 0 Å². The predicted molar refractivity (Wildman–Crippen MR) is 140 cm³/mol. The summed E-state index contributed by atoms with van der Waals surface area (Å²) in [6, 6.07) is 10.7. The number of alkyl halides is 3. The zero-order chi connectivity index (χ0) is 29.1. The van der Waals surface area contributed by atoms with E-state index in [0.717, 1.165) is 31.7 Å². The molecule has 0 radical (unpaired) electrons. The maximum Gasteiger partial charge on any atom is 0.422 e. The van der Waals surface area contributed by atoms with Crippen molar-refractivity contribution in [3.63, 3.8) is 0 Å². The summed E-state index contributed by atoms with van der Waals surface area (Å²) in [6.45, 7) is 1.51. The van der Waals surface area contributed by atoms with E-state index in [2.05, 4.69) is 4.98 Å². The van der Waals surface area contributed by atoms with Crippen LogP contribution in [0.25, 0.3) is 11.3 Å². The third-order valence-corrected chi connectivity index (χ3v) is 7.20. The van der Waals surface area contributed by atoms with E-state index in [1.54, 1.807) is 6.07 Å². The van der Waals surface area contributed by atoms with Crippen molar-refractivity contribution in [2.45, 2.75) is 63.3 Å². The number of rotatable bonds is 10. The van der Waals surface area contributed by atoms with Gasteiger partial charge in [0.1, 0.15) is 17.3 Å². The number of nitrogens with zero attached hydrogens (tertiary/aromatic N) is 1. The first-order valence-electron chi connectivity index (χ1n) is 13.0. The first-order valence-corrected chi connectivity index (χ1v) is 13.0. The number of benzene rings is 2. The molecule has 40 heavy (non-hydrogen) atoms. The predicted octanol–water partition coefficient (Wildman–Crippen LogP) is 6.95. The van der Waals surface area contributed by atoms with Crippen molar-refractivity contribution in [3.05, 3.63) is 71.2 Å². The van der Waals surface area contributed by atoms with Crippen LogP contribution in [0.15, 0.2) is 48.5 Å². The van der Waals surface area contributed by atoms with E-state index >= 15 is 0 Å². The van der Waals surface area contributed by atoms with E-state index in [0.29, 0.717) is 17.1 Å². The molecule has 1 fully saturated rings. The summed E-state index contributed by atoms with van der Waals surface area (Å²) < 4.78 is 73.4. The van der Waals surface area contributed by atoms with E-state index in [1.165, 1.54) is 57.5 Å². The molecule has 1 N–H and O–H groups in total. The highest BCUT2D eigenvalue weighted by atomic mass is 19.4. The van der Waals surface area contributed by atoms with Crippen LogP contribution in [-0.2, 0) is 5.60 Å². The average molecular weight is 562 g/mol. The summed E-state index contributed by atoms with van der Waals surface area (Å²) in [5.74, 6) is -0.193. The van der Waals surface area contributed by atoms with Crippen LogP contribution in [0.1, 0.15) is 60.1 Å². The van der Waals surface area contributed by atoms with Crippen molar-refractivity contribution in [2.75, 3.05) is 14.2 Å². The highest BCUT2D eigenvalue weighted by Crippen LogP contribution is 2.44. The van der Waals surface area contributed by atoms with Gasteiger partial charge < -0.3 is 19.3 Å². The molecule has 6 nitrogen and oxygen atoms in total. The van der Waals surface area contributed by atoms with Gasteiger partial charge in [0.15, 0.2) is 17.3 Å². The lowest BCUT2D eigenvalue weighted by atomic mass is 9.89. The highest BCUT2D eigenvalue weighted by Gasteiger charge is 2.56. The molecule has 2 aromatic carbocycles. The molecule has 0 amide bonds. The fourth-order valence-electron chi connectivity index (χ4n) is 4.82. The van der Waals surface area contributed by atoms with Gasteiger partial charge in [-0.1, -0.05) is 0 Å². The Kier molecular flexibility index (Phi) is 8.68. The number of Topliss-reactive ketones (excluding diaryl/α,β-unsaturated/α-hetero) is 1. The Hall–Kier alpha value is -3.66. The summed E-state index contributed by atoms with van der Waals surface area (Å²) in [6.07, 6.45) is -2.72. The number of halogens is 4. The second-order valence-electron chi connectivity index (χ2n) is 9.88. The average Bonchev–Trinajstić information content (AvgIpc) is 3.45. The van der Waals surface area contributed by atoms with Gasteiger partial charge in [-0.05, 0) is 93.1 Å². The Balaban J connectivity index is 1.60. The Morgan fingerprint density at radius 3 is 2.27 bits per heavy atom. The molecule has 0 aliphatic heterocycles. The molecule has 0 saturated heterocycles. The van der Waals surface area contributed by atoms with Gasteiger partial charge in [-0.15, -0.1) is 0 Å². The van der Waals surface area contributed by atoms with Gasteiger partial charge in [0.2, 0.25) is 5.60 Å². The molecule has 10 heteroatoms. The molecule has 4 rings (SSSR count). The highest BCUT2D eigenvalue weighted by molar-refractivity contribution is 5.96. The van der Waals surface area contributed by atoms with Crippen LogP contribution in [0, 0.1) is 12.7 Å². The first-order chi connectivity index (χ1) is 19.0. The Labute approximate surface area is 229 Å². The van der Waals surface area contributed by atoms with Crippen molar-refractivity contribution in [2.24, 2.45) is 0 Å². The molecule has 1 saturated carbocycles. The van der Waals surface area contributed by atoms with Crippen molar-refractivity contribution in [1.82, 2.24) is 4.98 Å². The molecule has 1 heterocycles. The van der Waals surface area contributed by atoms with E-state index < -0.39 is 41.9 Å². The van der Waals surface area contributed by atoms with Crippen molar-refractivity contribution >= 4 is 5.78 Å². The lowest BCUT2D eigenvalue weighted by molar-refractivity contribution is -0.270. The fourth-order valence-corrected chi connectivity index (χ4v) is 4.82. The van der Waals surface area contributed by atoms with E-state index in [9.17, 15) is 27.5 Å². The van der Waals surface area contributed by atoms with Gasteiger partial charge in [-0.25, -0.2) is 9.37 Å². The number of aryl methyl sites for hydroxylation is 1. The fraction of sp³-hybridized carbons (Fsp3) is 0.400. The lowest BCUT2D eigenvalue weighted by Crippen LogP contribution is -2.43. The number of methoxy groups -OCH3 is 2. The molecular weight excluding hydrogens is 530 g/mol. The molecule has 1 aromatic heterocycles. The minimum absolute atomic E-state index is 0.000288. The third-order valence-electron chi connectivity index (χ3n) is 7.20. The summed E-state index contributed by atoms with van der Waals surface area (Å²) in [4.78, 5) is 17.1. The van der Waals surface area contributed by atoms with Crippen LogP contribution in [0.4, 0.5) is 17.6 Å². The van der Waals surface area contributed by atoms with Gasteiger partial charge in [0, 0.05) is 17.5 Å². The number of aliphatic hydroxyl groups is 1. The molecule has 0 spiro atoms. The molecule has 0 bridgehead atoms. The Morgan fingerprint density at radius 2 is 1.65 bits per heavy atom. The van der Waals surface area contributed by atoms with Gasteiger partial charge in [0.25, 0.3) is 0 Å². The first kappa shape index (κ1) is 29.3. The normalized spacial score (nSPS) is 15.5. The standard InChI is InChI=1S/C30H31F4NO5/c1-18-16-20(8-10-22(18)31)28-25(38-2)12-13-27(35-28)29(37,30(32,33)34)15-14-23(36)19-9-11-24(26(17-19)39-3)40-21-6-4-5-7-21/h8-13,16-17,21,37H,4-7,14-15H2,1-3H3. The molecule has 214 valence electrons. The van der Waals surface area contributed by atoms with Crippen LogP contribution < -0.4 is 14.2 Å². The number of carbonyl (C=O) groups excluding carboxylic acids is 1. The van der Waals surface area contributed by atoms with Crippen LogP contribution in [-0.4, -0.2) is 42.4 Å². The molecule has 1 unspecified atom stereocenters. The minimum atomic E-state index is -5.15. The number of hydrogen-bond donors (Lipinski definition) is 1. The summed E-state index contributed by atoms with van der Waals surface area (Å²) in [5.41, 5.74) is -3.44. The molecular formula is C30H31F4NO5. The monoisotopic (exact) mass is 561 g/mol. The molecule has 1 aliphatic carbocycles. The molecule has 1 atom stereocenters. The summed E-state index contributed by atoms with van der Waals surface area (Å²) in [7, 11) is 2.74. The van der Waals surface area contributed by atoms with E-state index in [-0.39, 0.29) is 28.7 Å². The van der Waals surface area contributed by atoms with Gasteiger partial charge in [-0.2, -0.15) is 13.2 Å². The zero-order valence-electron chi connectivity index (χ0n) is 22.5. The zero-order valence-corrected chi connectivity index (χ0v) is 22.5. The van der Waals surface area contributed by atoms with Crippen LogP contribution in [0.5, 0.6) is 17.2 Å². The van der Waals surface area contributed by atoms with Gasteiger partial charge in [0.05, 0.1) is 26.0 Å². The minimum Gasteiger partial charge on any atom is -0.494 e. The maximum absolute atomic E-state index is 14.3. The maximum atomic E-state index is 14.3. The SMILES string of the molecule is COc1cc(C(=O)CCC(O)(c2ccc(OC)c(-c3ccc(F)c(C)c3)n2)C(F)(F)F)ccc1OC1CCCC1. The van der Waals surface area contributed by atoms with Crippen LogP contribution in [0.2, 0.25) is 0 Å². The van der Waals surface area contributed by atoms with E-state index in [4.69, 9.17) is 14.2 Å². The number of ether oxygens (including phenoxy) is 3. The second kappa shape index (κ2) is 11.8. The molecule has 1 aliphatic rings. The van der Waals surface area contributed by atoms with Gasteiger partial charge in [-0.3, -0.25) is 4.79 Å². The van der Waals surface area contributed by atoms with Crippen molar-refractivity contribution in [1.29, 1.82) is 0 Å². The molecule has 3 aromatic rings. The third kappa shape index (κ3) is 6.06. The Morgan fingerprint density at radius 1 is 0.975 bits per heavy atom. The largest absolute Gasteiger partial charge is 0.494 e.